The van der Waals surface area contributed by atoms with Crippen LogP contribution in [0.3, 0.4) is 0 Å². The number of fused-ring (bicyclic) bond motifs is 2. The van der Waals surface area contributed by atoms with Gasteiger partial charge in [-0.1, -0.05) is 18.2 Å². The standard InChI is InChI=1S/C15H21N3O/c16-15(19)9-11-3-1-2-4-13(11)17-14-6-8-18-7-5-12(14)10-18/h1-4,12,14,17H,5-10H2,(H2,16,19). The van der Waals surface area contributed by atoms with Gasteiger partial charge in [-0.2, -0.15) is 0 Å². The van der Waals surface area contributed by atoms with Crippen LogP contribution in [0, 0.1) is 5.92 Å². The molecule has 3 unspecified atom stereocenters. The van der Waals surface area contributed by atoms with E-state index in [0.717, 1.165) is 17.2 Å². The molecule has 4 heteroatoms. The fraction of sp³-hybridized carbons (Fsp3) is 0.533. The number of piperidine rings is 1. The van der Waals surface area contributed by atoms with Gasteiger partial charge in [0.05, 0.1) is 6.42 Å². The normalized spacial score (nSPS) is 29.2. The van der Waals surface area contributed by atoms with Crippen molar-refractivity contribution in [2.24, 2.45) is 11.7 Å². The number of rotatable bonds is 4. The Morgan fingerprint density at radius 2 is 2.11 bits per heavy atom. The van der Waals surface area contributed by atoms with Gasteiger partial charge >= 0.3 is 0 Å². The van der Waals surface area contributed by atoms with Crippen molar-refractivity contribution in [3.05, 3.63) is 29.8 Å². The molecule has 2 heterocycles. The maximum atomic E-state index is 11.1. The summed E-state index contributed by atoms with van der Waals surface area (Å²) in [5, 5.41) is 3.65. The predicted octanol–water partition coefficient (Wildman–Crippen LogP) is 1.22. The zero-order valence-electron chi connectivity index (χ0n) is 11.1. The van der Waals surface area contributed by atoms with Crippen molar-refractivity contribution >= 4 is 11.6 Å². The van der Waals surface area contributed by atoms with E-state index in [4.69, 9.17) is 5.73 Å². The Kier molecular flexibility index (Phi) is 3.42. The molecule has 0 aliphatic carbocycles. The van der Waals surface area contributed by atoms with Crippen LogP contribution in [0.4, 0.5) is 5.69 Å². The van der Waals surface area contributed by atoms with E-state index in [-0.39, 0.29) is 5.91 Å². The Labute approximate surface area is 114 Å². The minimum absolute atomic E-state index is 0.273. The van der Waals surface area contributed by atoms with Crippen LogP contribution < -0.4 is 11.1 Å². The first kappa shape index (κ1) is 12.5. The second-order valence-electron chi connectivity index (χ2n) is 5.69. The summed E-state index contributed by atoms with van der Waals surface area (Å²) in [7, 11) is 0. The average Bonchev–Trinajstić information content (AvgIpc) is 2.77. The quantitative estimate of drug-likeness (QED) is 0.855. The number of anilines is 1. The molecule has 0 spiro atoms. The van der Waals surface area contributed by atoms with Crippen LogP contribution in [0.2, 0.25) is 0 Å². The molecule has 1 amide bonds. The number of hydrogen-bond acceptors (Lipinski definition) is 3. The lowest BCUT2D eigenvalue weighted by Crippen LogP contribution is -2.39. The smallest absolute Gasteiger partial charge is 0.221 e. The van der Waals surface area contributed by atoms with Gasteiger partial charge in [0.15, 0.2) is 0 Å². The van der Waals surface area contributed by atoms with Gasteiger partial charge in [0, 0.05) is 24.8 Å². The molecule has 2 aliphatic rings. The highest BCUT2D eigenvalue weighted by molar-refractivity contribution is 5.78. The van der Waals surface area contributed by atoms with Crippen molar-refractivity contribution in [2.45, 2.75) is 25.3 Å². The van der Waals surface area contributed by atoms with E-state index in [2.05, 4.69) is 16.3 Å². The molecule has 2 bridgehead atoms. The first-order valence-corrected chi connectivity index (χ1v) is 7.07. The molecule has 102 valence electrons. The third-order valence-corrected chi connectivity index (χ3v) is 4.36. The highest BCUT2D eigenvalue weighted by atomic mass is 16.1. The minimum atomic E-state index is -0.273. The van der Waals surface area contributed by atoms with Gasteiger partial charge in [-0.05, 0) is 36.9 Å². The lowest BCUT2D eigenvalue weighted by atomic mass is 9.93. The number of hydrogen-bond donors (Lipinski definition) is 2. The Hall–Kier alpha value is -1.55. The van der Waals surface area contributed by atoms with Gasteiger partial charge in [-0.25, -0.2) is 0 Å². The molecule has 2 aliphatic heterocycles. The van der Waals surface area contributed by atoms with Crippen molar-refractivity contribution in [3.63, 3.8) is 0 Å². The van der Waals surface area contributed by atoms with Crippen LogP contribution in [0.1, 0.15) is 18.4 Å². The molecule has 3 atom stereocenters. The van der Waals surface area contributed by atoms with Crippen LogP contribution >= 0.6 is 0 Å². The third-order valence-electron chi connectivity index (χ3n) is 4.36. The van der Waals surface area contributed by atoms with Gasteiger partial charge < -0.3 is 16.0 Å². The van der Waals surface area contributed by atoms with E-state index < -0.39 is 0 Å². The number of amides is 1. The number of nitrogens with zero attached hydrogens (tertiary/aromatic N) is 1. The number of para-hydroxylation sites is 1. The zero-order chi connectivity index (χ0) is 13.2. The summed E-state index contributed by atoms with van der Waals surface area (Å²) in [5.41, 5.74) is 7.40. The number of carbonyl (C=O) groups is 1. The van der Waals surface area contributed by atoms with E-state index in [0.29, 0.717) is 12.5 Å². The van der Waals surface area contributed by atoms with E-state index in [1.165, 1.54) is 32.5 Å². The molecule has 19 heavy (non-hydrogen) atoms. The van der Waals surface area contributed by atoms with Crippen LogP contribution in [0.5, 0.6) is 0 Å². The Morgan fingerprint density at radius 3 is 2.95 bits per heavy atom. The van der Waals surface area contributed by atoms with Crippen molar-refractivity contribution in [3.8, 4) is 0 Å². The van der Waals surface area contributed by atoms with Gasteiger partial charge in [-0.15, -0.1) is 0 Å². The van der Waals surface area contributed by atoms with Crippen molar-refractivity contribution in [1.82, 2.24) is 4.90 Å². The largest absolute Gasteiger partial charge is 0.382 e. The first-order valence-electron chi connectivity index (χ1n) is 7.07. The number of primary amides is 1. The average molecular weight is 259 g/mol. The maximum absolute atomic E-state index is 11.1. The third kappa shape index (κ3) is 2.73. The molecule has 1 aromatic carbocycles. The molecule has 1 aromatic rings. The summed E-state index contributed by atoms with van der Waals surface area (Å²) in [6, 6.07) is 8.54. The van der Waals surface area contributed by atoms with Crippen LogP contribution in [0.25, 0.3) is 0 Å². The van der Waals surface area contributed by atoms with E-state index >= 15 is 0 Å². The fourth-order valence-electron chi connectivity index (χ4n) is 3.34. The second-order valence-corrected chi connectivity index (χ2v) is 5.69. The zero-order valence-corrected chi connectivity index (χ0v) is 11.1. The van der Waals surface area contributed by atoms with E-state index in [9.17, 15) is 4.79 Å². The second kappa shape index (κ2) is 5.21. The number of nitrogens with two attached hydrogens (primary N) is 1. The SMILES string of the molecule is NC(=O)Cc1ccccc1NC1CCN2CCC1C2. The summed E-state index contributed by atoms with van der Waals surface area (Å²) in [4.78, 5) is 13.7. The minimum Gasteiger partial charge on any atom is -0.382 e. The molecule has 0 saturated carbocycles. The Morgan fingerprint density at radius 1 is 1.32 bits per heavy atom. The molecule has 3 N–H and O–H groups in total. The van der Waals surface area contributed by atoms with Crippen LogP contribution in [-0.2, 0) is 11.2 Å². The highest BCUT2D eigenvalue weighted by Gasteiger charge is 2.34. The monoisotopic (exact) mass is 259 g/mol. The highest BCUT2D eigenvalue weighted by Crippen LogP contribution is 2.30. The lowest BCUT2D eigenvalue weighted by molar-refractivity contribution is -0.117. The lowest BCUT2D eigenvalue weighted by Gasteiger charge is -2.32. The topological polar surface area (TPSA) is 58.4 Å². The number of carbonyl (C=O) groups excluding carboxylic acids is 1. The van der Waals surface area contributed by atoms with E-state index in [1.807, 2.05) is 18.2 Å². The summed E-state index contributed by atoms with van der Waals surface area (Å²) in [5.74, 6) is 0.473. The number of benzene rings is 1. The van der Waals surface area contributed by atoms with Gasteiger partial charge in [0.25, 0.3) is 0 Å². The Balaban J connectivity index is 1.73. The van der Waals surface area contributed by atoms with Crippen molar-refractivity contribution in [2.75, 3.05) is 25.0 Å². The fourth-order valence-corrected chi connectivity index (χ4v) is 3.34. The molecule has 0 radical (unpaired) electrons. The summed E-state index contributed by atoms with van der Waals surface area (Å²) in [6.07, 6.45) is 2.79. The summed E-state index contributed by atoms with van der Waals surface area (Å²) < 4.78 is 0. The summed E-state index contributed by atoms with van der Waals surface area (Å²) >= 11 is 0. The van der Waals surface area contributed by atoms with Gasteiger partial charge in [-0.3, -0.25) is 4.79 Å². The van der Waals surface area contributed by atoms with Crippen LogP contribution in [0.15, 0.2) is 24.3 Å². The number of nitrogens with one attached hydrogen (secondary N) is 1. The van der Waals surface area contributed by atoms with Crippen molar-refractivity contribution in [1.29, 1.82) is 0 Å². The summed E-state index contributed by atoms with van der Waals surface area (Å²) in [6.45, 7) is 3.65. The molecule has 2 fully saturated rings. The maximum Gasteiger partial charge on any atom is 0.221 e. The molecule has 2 saturated heterocycles. The van der Waals surface area contributed by atoms with Crippen LogP contribution in [-0.4, -0.2) is 36.5 Å². The van der Waals surface area contributed by atoms with Crippen molar-refractivity contribution < 1.29 is 4.79 Å². The molecule has 4 nitrogen and oxygen atoms in total. The molecular formula is C15H21N3O. The Bertz CT molecular complexity index is 474. The molecule has 3 rings (SSSR count). The predicted molar refractivity (Wildman–Crippen MR) is 75.9 cm³/mol. The first-order chi connectivity index (χ1) is 9.22. The molecule has 0 aromatic heterocycles. The molecular weight excluding hydrogens is 238 g/mol. The van der Waals surface area contributed by atoms with Gasteiger partial charge in [0.2, 0.25) is 5.91 Å². The van der Waals surface area contributed by atoms with Gasteiger partial charge in [0.1, 0.15) is 0 Å². The van der Waals surface area contributed by atoms with E-state index in [1.54, 1.807) is 0 Å².